The van der Waals surface area contributed by atoms with E-state index in [0.29, 0.717) is 28.7 Å². The molecule has 0 radical (unpaired) electrons. The molecule has 0 atom stereocenters. The van der Waals surface area contributed by atoms with Crippen molar-refractivity contribution in [3.8, 4) is 23.0 Å². The highest BCUT2D eigenvalue weighted by Gasteiger charge is 2.48. The summed E-state index contributed by atoms with van der Waals surface area (Å²) in [4.78, 5) is 11.8. The first-order valence-corrected chi connectivity index (χ1v) is 9.33. The number of aromatic carboxylic acids is 1. The van der Waals surface area contributed by atoms with Gasteiger partial charge < -0.3 is 24.1 Å². The first kappa shape index (κ1) is 21.4. The molecular formula is C23H17F3O6. The number of hydrogen-bond donors (Lipinski definition) is 1. The van der Waals surface area contributed by atoms with Crippen molar-refractivity contribution in [2.24, 2.45) is 0 Å². The molecule has 166 valence electrons. The van der Waals surface area contributed by atoms with Gasteiger partial charge in [0, 0.05) is 11.1 Å². The highest BCUT2D eigenvalue weighted by molar-refractivity contribution is 5.92. The SMILES string of the molecule is COc1ccc(C2(c3ccc(OC)cc3)Oc3cc(C(F)(F)F)cc(C(=O)O)c3O2)cc1. The van der Waals surface area contributed by atoms with Crippen LogP contribution in [0.15, 0.2) is 60.7 Å². The molecule has 1 aliphatic rings. The molecule has 1 aliphatic heterocycles. The Morgan fingerprint density at radius 3 is 1.78 bits per heavy atom. The molecule has 0 spiro atoms. The zero-order valence-electron chi connectivity index (χ0n) is 16.9. The molecule has 0 saturated heterocycles. The molecular weight excluding hydrogens is 429 g/mol. The topological polar surface area (TPSA) is 74.2 Å². The summed E-state index contributed by atoms with van der Waals surface area (Å²) in [6.45, 7) is 0. The molecule has 4 rings (SSSR count). The van der Waals surface area contributed by atoms with Crippen LogP contribution in [-0.2, 0) is 12.0 Å². The Morgan fingerprint density at radius 2 is 1.38 bits per heavy atom. The van der Waals surface area contributed by atoms with Gasteiger partial charge in [-0.05, 0) is 60.7 Å². The molecule has 32 heavy (non-hydrogen) atoms. The summed E-state index contributed by atoms with van der Waals surface area (Å²) in [7, 11) is 2.98. The minimum absolute atomic E-state index is 0.294. The monoisotopic (exact) mass is 446 g/mol. The van der Waals surface area contributed by atoms with Crippen LogP contribution < -0.4 is 18.9 Å². The molecule has 0 unspecified atom stereocenters. The van der Waals surface area contributed by atoms with Gasteiger partial charge in [-0.15, -0.1) is 0 Å². The molecule has 0 saturated carbocycles. The standard InChI is InChI=1S/C23H17F3O6/c1-29-16-7-3-13(4-8-16)22(14-5-9-17(30-2)10-6-14)31-19-12-15(23(24,25)26)11-18(21(27)28)20(19)32-22/h3-12H,1-2H3,(H,27,28). The van der Waals surface area contributed by atoms with Gasteiger partial charge >= 0.3 is 17.9 Å². The van der Waals surface area contributed by atoms with E-state index in [9.17, 15) is 23.1 Å². The van der Waals surface area contributed by atoms with Gasteiger partial charge in [0.25, 0.3) is 0 Å². The van der Waals surface area contributed by atoms with Crippen molar-refractivity contribution in [1.29, 1.82) is 0 Å². The third-order valence-corrected chi connectivity index (χ3v) is 5.05. The van der Waals surface area contributed by atoms with Gasteiger partial charge in [0.2, 0.25) is 0 Å². The first-order chi connectivity index (χ1) is 15.2. The molecule has 0 amide bonds. The summed E-state index contributed by atoms with van der Waals surface area (Å²) in [6, 6.07) is 14.3. The Hall–Kier alpha value is -3.88. The summed E-state index contributed by atoms with van der Waals surface area (Å²) in [5, 5.41) is 9.55. The second-order valence-corrected chi connectivity index (χ2v) is 6.93. The second kappa shape index (κ2) is 7.67. The number of carboxylic acid groups (broad SMARTS) is 1. The molecule has 0 aromatic heterocycles. The lowest BCUT2D eigenvalue weighted by molar-refractivity contribution is -0.137. The van der Waals surface area contributed by atoms with E-state index in [1.807, 2.05) is 0 Å². The number of rotatable bonds is 5. The van der Waals surface area contributed by atoms with E-state index in [1.54, 1.807) is 48.5 Å². The summed E-state index contributed by atoms with van der Waals surface area (Å²) in [5.41, 5.74) is -0.967. The van der Waals surface area contributed by atoms with Crippen LogP contribution in [0.25, 0.3) is 0 Å². The summed E-state index contributed by atoms with van der Waals surface area (Å²) in [5.74, 6) is -2.84. The highest BCUT2D eigenvalue weighted by Crippen LogP contribution is 2.51. The Morgan fingerprint density at radius 1 is 0.875 bits per heavy atom. The van der Waals surface area contributed by atoms with E-state index in [4.69, 9.17) is 18.9 Å². The fourth-order valence-corrected chi connectivity index (χ4v) is 3.45. The fraction of sp³-hybridized carbons (Fsp3) is 0.174. The molecule has 3 aromatic carbocycles. The van der Waals surface area contributed by atoms with Crippen molar-refractivity contribution in [2.45, 2.75) is 12.0 Å². The van der Waals surface area contributed by atoms with Gasteiger partial charge in [0.1, 0.15) is 17.1 Å². The Bertz CT molecular complexity index is 1110. The van der Waals surface area contributed by atoms with E-state index in [1.165, 1.54) is 14.2 Å². The van der Waals surface area contributed by atoms with E-state index < -0.39 is 29.1 Å². The molecule has 1 heterocycles. The van der Waals surface area contributed by atoms with Crippen LogP contribution in [0.3, 0.4) is 0 Å². The van der Waals surface area contributed by atoms with Crippen LogP contribution in [0.1, 0.15) is 27.0 Å². The Balaban J connectivity index is 1.92. The predicted molar refractivity (Wildman–Crippen MR) is 106 cm³/mol. The molecule has 6 nitrogen and oxygen atoms in total. The molecule has 1 N–H and O–H groups in total. The summed E-state index contributed by atoms with van der Waals surface area (Å²) >= 11 is 0. The minimum atomic E-state index is -4.77. The molecule has 9 heteroatoms. The number of methoxy groups -OCH3 is 2. The van der Waals surface area contributed by atoms with Crippen LogP contribution in [0.5, 0.6) is 23.0 Å². The van der Waals surface area contributed by atoms with Gasteiger partial charge in [0.05, 0.1) is 19.8 Å². The summed E-state index contributed by atoms with van der Waals surface area (Å²) in [6.07, 6.45) is -4.77. The number of carbonyl (C=O) groups is 1. The van der Waals surface area contributed by atoms with Crippen LogP contribution in [0.4, 0.5) is 13.2 Å². The number of ether oxygens (including phenoxy) is 4. The highest BCUT2D eigenvalue weighted by atomic mass is 19.4. The third kappa shape index (κ3) is 3.55. The van der Waals surface area contributed by atoms with Crippen LogP contribution in [0, 0.1) is 0 Å². The van der Waals surface area contributed by atoms with Gasteiger partial charge in [-0.1, -0.05) is 0 Å². The number of halogens is 3. The maximum absolute atomic E-state index is 13.4. The maximum Gasteiger partial charge on any atom is 0.416 e. The van der Waals surface area contributed by atoms with Gasteiger partial charge in [-0.2, -0.15) is 13.2 Å². The quantitative estimate of drug-likeness (QED) is 0.588. The molecule has 3 aromatic rings. The number of carboxylic acids is 1. The van der Waals surface area contributed by atoms with Gasteiger partial charge in [0.15, 0.2) is 11.5 Å². The Kier molecular flexibility index (Phi) is 5.12. The predicted octanol–water partition coefficient (Wildman–Crippen LogP) is 5.09. The van der Waals surface area contributed by atoms with E-state index in [2.05, 4.69) is 0 Å². The minimum Gasteiger partial charge on any atom is -0.497 e. The van der Waals surface area contributed by atoms with Crippen LogP contribution in [0.2, 0.25) is 0 Å². The molecule has 0 aliphatic carbocycles. The number of fused-ring (bicyclic) bond motifs is 1. The smallest absolute Gasteiger partial charge is 0.416 e. The maximum atomic E-state index is 13.4. The lowest BCUT2D eigenvalue weighted by Crippen LogP contribution is -2.37. The Labute approximate surface area is 180 Å². The van der Waals surface area contributed by atoms with Crippen LogP contribution >= 0.6 is 0 Å². The largest absolute Gasteiger partial charge is 0.497 e. The number of benzene rings is 3. The van der Waals surface area contributed by atoms with E-state index >= 15 is 0 Å². The normalized spacial score (nSPS) is 14.2. The van der Waals surface area contributed by atoms with Crippen molar-refractivity contribution in [3.05, 3.63) is 82.9 Å². The second-order valence-electron chi connectivity index (χ2n) is 6.93. The lowest BCUT2D eigenvalue weighted by atomic mass is 9.97. The third-order valence-electron chi connectivity index (χ3n) is 5.05. The van der Waals surface area contributed by atoms with Crippen molar-refractivity contribution in [3.63, 3.8) is 0 Å². The zero-order chi connectivity index (χ0) is 23.1. The van der Waals surface area contributed by atoms with Crippen molar-refractivity contribution in [2.75, 3.05) is 14.2 Å². The average Bonchev–Trinajstić information content (AvgIpc) is 3.18. The van der Waals surface area contributed by atoms with Gasteiger partial charge in [-0.25, -0.2) is 4.79 Å². The zero-order valence-corrected chi connectivity index (χ0v) is 16.9. The average molecular weight is 446 g/mol. The van der Waals surface area contributed by atoms with E-state index in [-0.39, 0.29) is 11.5 Å². The fourth-order valence-electron chi connectivity index (χ4n) is 3.45. The molecule has 0 fully saturated rings. The lowest BCUT2D eigenvalue weighted by Gasteiger charge is -2.29. The van der Waals surface area contributed by atoms with E-state index in [0.717, 1.165) is 6.07 Å². The van der Waals surface area contributed by atoms with Crippen molar-refractivity contribution >= 4 is 5.97 Å². The summed E-state index contributed by atoms with van der Waals surface area (Å²) < 4.78 is 62.5. The number of alkyl halides is 3. The van der Waals surface area contributed by atoms with Gasteiger partial charge in [-0.3, -0.25) is 0 Å². The first-order valence-electron chi connectivity index (χ1n) is 9.33. The number of hydrogen-bond acceptors (Lipinski definition) is 5. The van der Waals surface area contributed by atoms with Crippen molar-refractivity contribution < 1.29 is 42.0 Å². The van der Waals surface area contributed by atoms with Crippen LogP contribution in [-0.4, -0.2) is 25.3 Å². The van der Waals surface area contributed by atoms with Crippen molar-refractivity contribution in [1.82, 2.24) is 0 Å². The molecule has 0 bridgehead atoms.